The first-order valence-electron chi connectivity index (χ1n) is 5.91. The molecule has 4 nitrogen and oxygen atoms in total. The molecule has 2 saturated carbocycles. The molecule has 0 saturated heterocycles. The highest BCUT2D eigenvalue weighted by Gasteiger charge is 2.48. The maximum atomic E-state index is 9.53. The molecule has 1 unspecified atom stereocenters. The molecule has 0 aromatic carbocycles. The van der Waals surface area contributed by atoms with Crippen molar-refractivity contribution in [3.05, 3.63) is 6.33 Å². The van der Waals surface area contributed by atoms with Crippen LogP contribution in [0, 0.1) is 17.2 Å². The topological polar surface area (TPSA) is 61.6 Å². The Balaban J connectivity index is 1.67. The summed E-state index contributed by atoms with van der Waals surface area (Å²) in [5.41, 5.74) is -0.336. The molecule has 2 fully saturated rings. The molecule has 0 aliphatic heterocycles. The molecule has 0 radical (unpaired) electrons. The third-order valence-corrected chi connectivity index (χ3v) is 5.27. The normalized spacial score (nSPS) is 23.0. The van der Waals surface area contributed by atoms with Gasteiger partial charge in [0.15, 0.2) is 4.34 Å². The number of thioether (sulfide) groups is 1. The van der Waals surface area contributed by atoms with Crippen molar-refractivity contribution >= 4 is 23.3 Å². The molecule has 2 aliphatic carbocycles. The zero-order valence-corrected chi connectivity index (χ0v) is 11.1. The summed E-state index contributed by atoms with van der Waals surface area (Å²) in [5, 5.41) is 13.1. The molecule has 2 aliphatic rings. The summed E-state index contributed by atoms with van der Waals surface area (Å²) in [5.74, 6) is 1.33. The molecule has 17 heavy (non-hydrogen) atoms. The number of aromatic nitrogens is 2. The molecular formula is C11H14N4S2. The van der Waals surface area contributed by atoms with Crippen molar-refractivity contribution < 1.29 is 0 Å². The third kappa shape index (κ3) is 2.62. The van der Waals surface area contributed by atoms with Gasteiger partial charge in [0.25, 0.3) is 0 Å². The minimum atomic E-state index is -0.336. The van der Waals surface area contributed by atoms with Gasteiger partial charge < -0.3 is 0 Å². The lowest BCUT2D eigenvalue weighted by molar-refractivity contribution is 0.401. The Morgan fingerprint density at radius 1 is 1.53 bits per heavy atom. The summed E-state index contributed by atoms with van der Waals surface area (Å²) in [7, 11) is 0. The molecule has 1 atom stereocenters. The second kappa shape index (κ2) is 4.56. The van der Waals surface area contributed by atoms with Gasteiger partial charge in [-0.3, -0.25) is 5.32 Å². The van der Waals surface area contributed by atoms with E-state index in [-0.39, 0.29) is 5.54 Å². The van der Waals surface area contributed by atoms with Crippen LogP contribution in [0.25, 0.3) is 0 Å². The summed E-state index contributed by atoms with van der Waals surface area (Å²) in [6.07, 6.45) is 6.39. The standard InChI is InChI=1S/C11H14N4S2/c12-5-11(8-1-2-8,15-9-3-4-9)6-16-10-13-7-14-17-10/h7-9,15H,1-4,6H2. The van der Waals surface area contributed by atoms with Crippen molar-refractivity contribution in [1.82, 2.24) is 14.7 Å². The number of nitrogens with one attached hydrogen (secondary N) is 1. The van der Waals surface area contributed by atoms with Crippen LogP contribution in [0.2, 0.25) is 0 Å². The molecule has 0 spiro atoms. The van der Waals surface area contributed by atoms with Crippen LogP contribution >= 0.6 is 23.3 Å². The Labute approximate surface area is 109 Å². The summed E-state index contributed by atoms with van der Waals surface area (Å²) >= 11 is 3.06. The monoisotopic (exact) mass is 266 g/mol. The SMILES string of the molecule is N#CC(CSc1ncns1)(NC1CC1)C1CC1. The van der Waals surface area contributed by atoms with Crippen molar-refractivity contribution in [2.45, 2.75) is 41.6 Å². The highest BCUT2D eigenvalue weighted by molar-refractivity contribution is 8.01. The van der Waals surface area contributed by atoms with Gasteiger partial charge >= 0.3 is 0 Å². The minimum absolute atomic E-state index is 0.336. The van der Waals surface area contributed by atoms with Gasteiger partial charge in [-0.05, 0) is 43.1 Å². The van der Waals surface area contributed by atoms with E-state index in [2.05, 4.69) is 20.7 Å². The van der Waals surface area contributed by atoms with Gasteiger partial charge in [-0.2, -0.15) is 9.64 Å². The van der Waals surface area contributed by atoms with Crippen LogP contribution in [0.5, 0.6) is 0 Å². The molecule has 1 aromatic rings. The van der Waals surface area contributed by atoms with Crippen molar-refractivity contribution in [2.75, 3.05) is 5.75 Å². The molecule has 90 valence electrons. The fourth-order valence-corrected chi connectivity index (χ4v) is 3.66. The molecule has 6 heteroatoms. The van der Waals surface area contributed by atoms with Gasteiger partial charge in [-0.1, -0.05) is 11.8 Å². The van der Waals surface area contributed by atoms with Gasteiger partial charge in [0.1, 0.15) is 11.9 Å². The number of hydrogen-bond donors (Lipinski definition) is 1. The van der Waals surface area contributed by atoms with E-state index in [1.54, 1.807) is 18.1 Å². The predicted octanol–water partition coefficient (Wildman–Crippen LogP) is 2.05. The Morgan fingerprint density at radius 3 is 2.88 bits per heavy atom. The van der Waals surface area contributed by atoms with E-state index in [1.165, 1.54) is 37.2 Å². The first-order valence-corrected chi connectivity index (χ1v) is 7.67. The molecule has 0 bridgehead atoms. The second-order valence-electron chi connectivity index (χ2n) is 4.77. The Bertz CT molecular complexity index is 419. The Morgan fingerprint density at radius 2 is 2.35 bits per heavy atom. The maximum Gasteiger partial charge on any atom is 0.169 e. The van der Waals surface area contributed by atoms with Crippen molar-refractivity contribution in [1.29, 1.82) is 5.26 Å². The minimum Gasteiger partial charge on any atom is -0.296 e. The van der Waals surface area contributed by atoms with E-state index in [1.807, 2.05) is 0 Å². The van der Waals surface area contributed by atoms with Crippen LogP contribution in [0.4, 0.5) is 0 Å². The van der Waals surface area contributed by atoms with Crippen LogP contribution in [0.1, 0.15) is 25.7 Å². The number of nitrogens with zero attached hydrogens (tertiary/aromatic N) is 3. The predicted molar refractivity (Wildman–Crippen MR) is 67.9 cm³/mol. The Kier molecular flexibility index (Phi) is 3.07. The molecular weight excluding hydrogens is 252 g/mol. The Hall–Kier alpha value is -0.640. The van der Waals surface area contributed by atoms with Crippen LogP contribution in [0.15, 0.2) is 10.7 Å². The van der Waals surface area contributed by atoms with E-state index in [4.69, 9.17) is 0 Å². The highest BCUT2D eigenvalue weighted by Crippen LogP contribution is 2.43. The summed E-state index contributed by atoms with van der Waals surface area (Å²) in [6.45, 7) is 0. The van der Waals surface area contributed by atoms with Gasteiger partial charge in [0, 0.05) is 11.8 Å². The zero-order valence-electron chi connectivity index (χ0n) is 9.43. The first-order chi connectivity index (χ1) is 8.32. The lowest BCUT2D eigenvalue weighted by Gasteiger charge is -2.27. The van der Waals surface area contributed by atoms with E-state index < -0.39 is 0 Å². The fraction of sp³-hybridized carbons (Fsp3) is 0.727. The number of hydrogen-bond acceptors (Lipinski definition) is 6. The first kappa shape index (κ1) is 11.5. The van der Waals surface area contributed by atoms with Gasteiger partial charge in [-0.25, -0.2) is 4.98 Å². The smallest absolute Gasteiger partial charge is 0.169 e. The molecule has 1 heterocycles. The van der Waals surface area contributed by atoms with Gasteiger partial charge in [0.05, 0.1) is 6.07 Å². The third-order valence-electron chi connectivity index (χ3n) is 3.28. The maximum absolute atomic E-state index is 9.53. The molecule has 3 rings (SSSR count). The zero-order chi connectivity index (χ0) is 11.7. The van der Waals surface area contributed by atoms with Crippen molar-refractivity contribution in [2.24, 2.45) is 5.92 Å². The largest absolute Gasteiger partial charge is 0.296 e. The van der Waals surface area contributed by atoms with E-state index in [9.17, 15) is 5.26 Å². The second-order valence-corrected chi connectivity index (χ2v) is 6.77. The summed E-state index contributed by atoms with van der Waals surface area (Å²) < 4.78 is 4.95. The van der Waals surface area contributed by atoms with Crippen LogP contribution in [-0.2, 0) is 0 Å². The average Bonchev–Trinajstić information content (AvgIpc) is 3.26. The van der Waals surface area contributed by atoms with Crippen molar-refractivity contribution in [3.63, 3.8) is 0 Å². The van der Waals surface area contributed by atoms with E-state index in [0.717, 1.165) is 10.1 Å². The number of nitriles is 1. The van der Waals surface area contributed by atoms with E-state index in [0.29, 0.717) is 12.0 Å². The quantitative estimate of drug-likeness (QED) is 0.799. The average molecular weight is 266 g/mol. The lowest BCUT2D eigenvalue weighted by Crippen LogP contribution is -2.49. The van der Waals surface area contributed by atoms with Crippen LogP contribution in [0.3, 0.4) is 0 Å². The van der Waals surface area contributed by atoms with Crippen LogP contribution < -0.4 is 5.32 Å². The van der Waals surface area contributed by atoms with E-state index >= 15 is 0 Å². The fourth-order valence-electron chi connectivity index (χ4n) is 2.00. The van der Waals surface area contributed by atoms with Gasteiger partial charge in [0.2, 0.25) is 0 Å². The van der Waals surface area contributed by atoms with Crippen molar-refractivity contribution in [3.8, 4) is 6.07 Å². The van der Waals surface area contributed by atoms with Gasteiger partial charge in [-0.15, -0.1) is 0 Å². The number of rotatable bonds is 6. The summed E-state index contributed by atoms with van der Waals surface area (Å²) in [6, 6.07) is 3.11. The molecule has 1 aromatic heterocycles. The van der Waals surface area contributed by atoms with Crippen LogP contribution in [-0.4, -0.2) is 26.7 Å². The highest BCUT2D eigenvalue weighted by atomic mass is 32.2. The molecule has 0 amide bonds. The summed E-state index contributed by atoms with van der Waals surface area (Å²) in [4.78, 5) is 4.16. The molecule has 1 N–H and O–H groups in total. The lowest BCUT2D eigenvalue weighted by atomic mass is 9.97.